The highest BCUT2D eigenvalue weighted by molar-refractivity contribution is 9.11. The third-order valence-electron chi connectivity index (χ3n) is 5.13. The SMILES string of the molecule is Cc1cccc(NC(=O)COc2c(Br)cc(/C=C3\SC(=O)N(Cc4ccccc4F)C3=O)cc2Br)c1. The van der Waals surface area contributed by atoms with E-state index in [4.69, 9.17) is 4.74 Å². The Bertz CT molecular complexity index is 1370. The van der Waals surface area contributed by atoms with Gasteiger partial charge < -0.3 is 10.1 Å². The van der Waals surface area contributed by atoms with Crippen LogP contribution in [0.25, 0.3) is 6.08 Å². The molecule has 1 fully saturated rings. The first kappa shape index (κ1) is 26.1. The van der Waals surface area contributed by atoms with Crippen LogP contribution in [0.2, 0.25) is 0 Å². The molecule has 3 amide bonds. The lowest BCUT2D eigenvalue weighted by atomic mass is 10.2. The molecule has 1 heterocycles. The lowest BCUT2D eigenvalue weighted by Gasteiger charge is -2.13. The van der Waals surface area contributed by atoms with Crippen LogP contribution < -0.4 is 10.1 Å². The normalized spacial score (nSPS) is 14.4. The Morgan fingerprint density at radius 2 is 1.81 bits per heavy atom. The van der Waals surface area contributed by atoms with Gasteiger partial charge in [-0.25, -0.2) is 4.39 Å². The molecule has 4 rings (SSSR count). The van der Waals surface area contributed by atoms with Crippen molar-refractivity contribution in [3.8, 4) is 5.75 Å². The van der Waals surface area contributed by atoms with Crippen LogP contribution in [0, 0.1) is 12.7 Å². The number of hydrogen-bond donors (Lipinski definition) is 1. The van der Waals surface area contributed by atoms with Gasteiger partial charge in [-0.05, 0) is 98.1 Å². The summed E-state index contributed by atoms with van der Waals surface area (Å²) in [7, 11) is 0. The zero-order valence-electron chi connectivity index (χ0n) is 18.9. The minimum atomic E-state index is -0.492. The number of benzene rings is 3. The van der Waals surface area contributed by atoms with Gasteiger partial charge in [-0.2, -0.15) is 0 Å². The maximum absolute atomic E-state index is 14.0. The number of ether oxygens (including phenoxy) is 1. The Hall–Kier alpha value is -2.95. The minimum absolute atomic E-state index is 0.139. The summed E-state index contributed by atoms with van der Waals surface area (Å²) in [5.41, 5.74) is 2.60. The molecule has 1 aliphatic heterocycles. The number of nitrogens with zero attached hydrogens (tertiary/aromatic N) is 1. The fourth-order valence-corrected chi connectivity index (χ4v) is 5.73. The number of amides is 3. The summed E-state index contributed by atoms with van der Waals surface area (Å²) in [6, 6.07) is 16.9. The van der Waals surface area contributed by atoms with E-state index in [-0.39, 0.29) is 29.5 Å². The first-order valence-electron chi connectivity index (χ1n) is 10.7. The second-order valence-electron chi connectivity index (χ2n) is 7.88. The van der Waals surface area contributed by atoms with Gasteiger partial charge in [0.15, 0.2) is 6.61 Å². The number of imide groups is 1. The lowest BCUT2D eigenvalue weighted by molar-refractivity contribution is -0.123. The van der Waals surface area contributed by atoms with Crippen molar-refractivity contribution in [2.45, 2.75) is 13.5 Å². The van der Waals surface area contributed by atoms with E-state index in [1.165, 1.54) is 12.1 Å². The summed E-state index contributed by atoms with van der Waals surface area (Å²) in [5.74, 6) is -0.864. The molecule has 0 unspecified atom stereocenters. The van der Waals surface area contributed by atoms with Gasteiger partial charge in [-0.15, -0.1) is 0 Å². The maximum atomic E-state index is 14.0. The molecule has 0 spiro atoms. The van der Waals surface area contributed by atoms with Crippen molar-refractivity contribution < 1.29 is 23.5 Å². The summed E-state index contributed by atoms with van der Waals surface area (Å²) in [5, 5.41) is 2.32. The average molecular weight is 634 g/mol. The van der Waals surface area contributed by atoms with E-state index < -0.39 is 17.0 Å². The standard InChI is InChI=1S/C26H19Br2FN2O4S/c1-15-5-4-7-18(9-15)30-23(32)14-35-24-19(27)10-16(11-20(24)28)12-22-25(33)31(26(34)36-22)13-17-6-2-3-8-21(17)29/h2-12H,13-14H2,1H3,(H,30,32)/b22-12-. The smallest absolute Gasteiger partial charge is 0.293 e. The number of nitrogens with one attached hydrogen (secondary N) is 1. The summed E-state index contributed by atoms with van der Waals surface area (Å²) in [4.78, 5) is 38.8. The van der Waals surface area contributed by atoms with Gasteiger partial charge in [-0.3, -0.25) is 19.3 Å². The molecule has 1 aliphatic rings. The van der Waals surface area contributed by atoms with E-state index in [2.05, 4.69) is 37.2 Å². The molecule has 1 N–H and O–H groups in total. The van der Waals surface area contributed by atoms with E-state index in [0.29, 0.717) is 25.9 Å². The van der Waals surface area contributed by atoms with Crippen LogP contribution >= 0.6 is 43.6 Å². The Balaban J connectivity index is 1.44. The van der Waals surface area contributed by atoms with E-state index in [1.807, 2.05) is 25.1 Å². The fraction of sp³-hybridized carbons (Fsp3) is 0.115. The predicted octanol–water partition coefficient (Wildman–Crippen LogP) is 6.91. The molecule has 0 aliphatic carbocycles. The molecule has 0 saturated carbocycles. The predicted molar refractivity (Wildman–Crippen MR) is 145 cm³/mol. The van der Waals surface area contributed by atoms with Crippen molar-refractivity contribution in [3.05, 3.63) is 97.0 Å². The molecule has 0 aromatic heterocycles. The van der Waals surface area contributed by atoms with Crippen LogP contribution in [0.5, 0.6) is 5.75 Å². The lowest BCUT2D eigenvalue weighted by Crippen LogP contribution is -2.27. The molecule has 1 saturated heterocycles. The van der Waals surface area contributed by atoms with Crippen LogP contribution in [0.3, 0.4) is 0 Å². The van der Waals surface area contributed by atoms with Gasteiger partial charge in [0.05, 0.1) is 20.4 Å². The Labute approximate surface area is 228 Å². The molecule has 0 bridgehead atoms. The molecule has 0 radical (unpaired) electrons. The van der Waals surface area contributed by atoms with Gasteiger partial charge in [0.2, 0.25) is 0 Å². The molecule has 184 valence electrons. The number of halogens is 3. The number of aryl methyl sites for hydroxylation is 1. The summed E-state index contributed by atoms with van der Waals surface area (Å²) in [6.45, 7) is 1.59. The monoisotopic (exact) mass is 632 g/mol. The maximum Gasteiger partial charge on any atom is 0.293 e. The molecule has 3 aromatic rings. The highest BCUT2D eigenvalue weighted by atomic mass is 79.9. The van der Waals surface area contributed by atoms with Crippen molar-refractivity contribution in [1.29, 1.82) is 0 Å². The number of carbonyl (C=O) groups excluding carboxylic acids is 3. The van der Waals surface area contributed by atoms with Crippen LogP contribution in [0.15, 0.2) is 74.5 Å². The van der Waals surface area contributed by atoms with Crippen molar-refractivity contribution in [2.75, 3.05) is 11.9 Å². The van der Waals surface area contributed by atoms with Gasteiger partial charge in [-0.1, -0.05) is 30.3 Å². The average Bonchev–Trinajstić information content (AvgIpc) is 3.07. The highest BCUT2D eigenvalue weighted by Gasteiger charge is 2.35. The van der Waals surface area contributed by atoms with Crippen LogP contribution in [-0.4, -0.2) is 28.6 Å². The summed E-state index contributed by atoms with van der Waals surface area (Å²) < 4.78 is 20.8. The molecule has 0 atom stereocenters. The number of anilines is 1. The van der Waals surface area contributed by atoms with E-state index in [1.54, 1.807) is 36.4 Å². The van der Waals surface area contributed by atoms with Gasteiger partial charge in [0.25, 0.3) is 17.1 Å². The molecule has 10 heteroatoms. The Kier molecular flexibility index (Phi) is 8.28. The first-order valence-corrected chi connectivity index (χ1v) is 13.1. The van der Waals surface area contributed by atoms with Crippen LogP contribution in [-0.2, 0) is 16.1 Å². The number of hydrogen-bond acceptors (Lipinski definition) is 5. The second kappa shape index (κ2) is 11.4. The largest absolute Gasteiger partial charge is 0.481 e. The van der Waals surface area contributed by atoms with Crippen molar-refractivity contribution in [3.63, 3.8) is 0 Å². The topological polar surface area (TPSA) is 75.7 Å². The summed E-state index contributed by atoms with van der Waals surface area (Å²) in [6.07, 6.45) is 1.58. The molecular formula is C26H19Br2FN2O4S. The zero-order valence-corrected chi connectivity index (χ0v) is 22.9. The second-order valence-corrected chi connectivity index (χ2v) is 10.6. The highest BCUT2D eigenvalue weighted by Crippen LogP contribution is 2.38. The summed E-state index contributed by atoms with van der Waals surface area (Å²) >= 11 is 7.67. The molecule has 6 nitrogen and oxygen atoms in total. The Morgan fingerprint density at radius 3 is 2.50 bits per heavy atom. The number of rotatable bonds is 7. The minimum Gasteiger partial charge on any atom is -0.481 e. The van der Waals surface area contributed by atoms with Crippen LogP contribution in [0.1, 0.15) is 16.7 Å². The fourth-order valence-electron chi connectivity index (χ4n) is 3.44. The van der Waals surface area contributed by atoms with E-state index in [9.17, 15) is 18.8 Å². The zero-order chi connectivity index (χ0) is 25.8. The number of carbonyl (C=O) groups is 3. The van der Waals surface area contributed by atoms with Crippen molar-refractivity contribution in [2.24, 2.45) is 0 Å². The van der Waals surface area contributed by atoms with Gasteiger partial charge in [0, 0.05) is 11.3 Å². The Morgan fingerprint density at radius 1 is 1.08 bits per heavy atom. The molecular weight excluding hydrogens is 615 g/mol. The molecule has 3 aromatic carbocycles. The number of thioether (sulfide) groups is 1. The quantitative estimate of drug-likeness (QED) is 0.286. The molecule has 36 heavy (non-hydrogen) atoms. The van der Waals surface area contributed by atoms with Crippen molar-refractivity contribution in [1.82, 2.24) is 4.90 Å². The van der Waals surface area contributed by atoms with E-state index >= 15 is 0 Å². The first-order chi connectivity index (χ1) is 17.2. The van der Waals surface area contributed by atoms with Crippen molar-refractivity contribution >= 4 is 72.4 Å². The van der Waals surface area contributed by atoms with E-state index in [0.717, 1.165) is 22.2 Å². The van der Waals surface area contributed by atoms with Gasteiger partial charge in [0.1, 0.15) is 11.6 Å². The van der Waals surface area contributed by atoms with Gasteiger partial charge >= 0.3 is 0 Å². The third-order valence-corrected chi connectivity index (χ3v) is 7.21. The third kappa shape index (κ3) is 6.24. The van der Waals surface area contributed by atoms with Crippen LogP contribution in [0.4, 0.5) is 14.9 Å².